The summed E-state index contributed by atoms with van der Waals surface area (Å²) in [5.74, 6) is -0.289. The van der Waals surface area contributed by atoms with E-state index in [0.29, 0.717) is 18.0 Å². The molecule has 2 aliphatic rings. The Balaban J connectivity index is 1.86. The first kappa shape index (κ1) is 15.6. The number of rotatable bonds is 3. The van der Waals surface area contributed by atoms with Crippen molar-refractivity contribution in [2.75, 3.05) is 20.2 Å². The monoisotopic (exact) mass is 337 g/mol. The first-order chi connectivity index (χ1) is 10.6. The lowest BCUT2D eigenvalue weighted by Gasteiger charge is -2.33. The standard InChI is InChI=1S/C16H16ClNO3S/c1-21-16(20)15(10-2-4-12(17)5-3-10)18-7-6-13-11(9-18)8-14(19)22-13/h2-5,15H,6-9H2,1H3. The largest absolute Gasteiger partial charge is 0.468 e. The quantitative estimate of drug-likeness (QED) is 0.793. The zero-order valence-corrected chi connectivity index (χ0v) is 13.7. The van der Waals surface area contributed by atoms with E-state index in [1.54, 1.807) is 12.1 Å². The van der Waals surface area contributed by atoms with Gasteiger partial charge in [-0.05, 0) is 34.6 Å². The van der Waals surface area contributed by atoms with E-state index in [1.807, 2.05) is 12.1 Å². The summed E-state index contributed by atoms with van der Waals surface area (Å²) in [5, 5.41) is 0.835. The van der Waals surface area contributed by atoms with E-state index in [1.165, 1.54) is 23.8 Å². The molecule has 0 amide bonds. The number of ether oxygens (including phenoxy) is 1. The van der Waals surface area contributed by atoms with Gasteiger partial charge in [0.15, 0.2) is 5.12 Å². The number of hydrogen-bond acceptors (Lipinski definition) is 5. The minimum Gasteiger partial charge on any atom is -0.468 e. The molecule has 0 bridgehead atoms. The molecule has 0 aromatic heterocycles. The highest BCUT2D eigenvalue weighted by atomic mass is 35.5. The van der Waals surface area contributed by atoms with Gasteiger partial charge in [-0.1, -0.05) is 35.5 Å². The molecular formula is C16H16ClNO3S. The summed E-state index contributed by atoms with van der Waals surface area (Å²) in [6.07, 6.45) is 1.30. The van der Waals surface area contributed by atoms with Crippen LogP contribution in [-0.2, 0) is 14.3 Å². The van der Waals surface area contributed by atoms with E-state index >= 15 is 0 Å². The van der Waals surface area contributed by atoms with E-state index in [4.69, 9.17) is 16.3 Å². The van der Waals surface area contributed by atoms with Crippen molar-refractivity contribution in [3.63, 3.8) is 0 Å². The zero-order chi connectivity index (χ0) is 15.7. The summed E-state index contributed by atoms with van der Waals surface area (Å²) in [7, 11) is 1.40. The minimum absolute atomic E-state index is 0.202. The Kier molecular flexibility index (Phi) is 4.57. The smallest absolute Gasteiger partial charge is 0.327 e. The lowest BCUT2D eigenvalue weighted by molar-refractivity contribution is -0.147. The number of esters is 1. The first-order valence-corrected chi connectivity index (χ1v) is 8.27. The lowest BCUT2D eigenvalue weighted by Crippen LogP contribution is -2.39. The second-order valence-corrected chi connectivity index (χ2v) is 6.96. The predicted octanol–water partition coefficient (Wildman–Crippen LogP) is 3.18. The van der Waals surface area contributed by atoms with Gasteiger partial charge in [0.05, 0.1) is 7.11 Å². The van der Waals surface area contributed by atoms with Crippen LogP contribution in [0.2, 0.25) is 5.02 Å². The number of carbonyl (C=O) groups excluding carboxylic acids is 2. The van der Waals surface area contributed by atoms with Crippen molar-refractivity contribution in [3.05, 3.63) is 45.3 Å². The van der Waals surface area contributed by atoms with Crippen molar-refractivity contribution in [3.8, 4) is 0 Å². The first-order valence-electron chi connectivity index (χ1n) is 7.07. The summed E-state index contributed by atoms with van der Waals surface area (Å²) in [6.45, 7) is 1.37. The van der Waals surface area contributed by atoms with Gasteiger partial charge >= 0.3 is 5.97 Å². The molecule has 0 saturated heterocycles. The highest BCUT2D eigenvalue weighted by molar-refractivity contribution is 8.17. The van der Waals surface area contributed by atoms with Crippen LogP contribution >= 0.6 is 23.4 Å². The van der Waals surface area contributed by atoms with Gasteiger partial charge in [-0.3, -0.25) is 9.69 Å². The van der Waals surface area contributed by atoms with Gasteiger partial charge in [0.2, 0.25) is 0 Å². The number of hydrogen-bond donors (Lipinski definition) is 0. The van der Waals surface area contributed by atoms with Crippen molar-refractivity contribution < 1.29 is 14.3 Å². The molecule has 1 atom stereocenters. The molecule has 0 saturated carbocycles. The van der Waals surface area contributed by atoms with E-state index in [2.05, 4.69) is 4.90 Å². The maximum atomic E-state index is 12.3. The van der Waals surface area contributed by atoms with E-state index in [9.17, 15) is 9.59 Å². The third-order valence-corrected chi connectivity index (χ3v) is 5.35. The van der Waals surface area contributed by atoms with Gasteiger partial charge in [-0.15, -0.1) is 0 Å². The number of halogens is 1. The Morgan fingerprint density at radius 2 is 2.09 bits per heavy atom. The summed E-state index contributed by atoms with van der Waals surface area (Å²) in [6, 6.07) is 6.79. The number of benzene rings is 1. The van der Waals surface area contributed by atoms with E-state index < -0.39 is 6.04 Å². The number of carbonyl (C=O) groups is 2. The molecule has 1 aromatic carbocycles. The lowest BCUT2D eigenvalue weighted by atomic mass is 10.0. The Morgan fingerprint density at radius 3 is 2.77 bits per heavy atom. The van der Waals surface area contributed by atoms with Crippen LogP contribution in [0.1, 0.15) is 24.4 Å². The van der Waals surface area contributed by atoms with Gasteiger partial charge in [0.1, 0.15) is 6.04 Å². The van der Waals surface area contributed by atoms with Crippen LogP contribution in [0.4, 0.5) is 0 Å². The SMILES string of the molecule is COC(=O)C(c1ccc(Cl)cc1)N1CCC2=C(CC(=O)S2)C1. The summed E-state index contributed by atoms with van der Waals surface area (Å²) in [5.41, 5.74) is 2.00. The van der Waals surface area contributed by atoms with Gasteiger partial charge in [0, 0.05) is 24.5 Å². The van der Waals surface area contributed by atoms with Crippen LogP contribution in [-0.4, -0.2) is 36.2 Å². The molecule has 116 valence electrons. The van der Waals surface area contributed by atoms with Gasteiger partial charge in [-0.2, -0.15) is 0 Å². The topological polar surface area (TPSA) is 46.6 Å². The molecule has 2 heterocycles. The maximum Gasteiger partial charge on any atom is 0.327 e. The van der Waals surface area contributed by atoms with Crippen LogP contribution in [0, 0.1) is 0 Å². The average molecular weight is 338 g/mol. The average Bonchev–Trinajstić information content (AvgIpc) is 2.88. The Labute approximate surface area is 138 Å². The van der Waals surface area contributed by atoms with Crippen LogP contribution < -0.4 is 0 Å². The highest BCUT2D eigenvalue weighted by Gasteiger charge is 2.35. The summed E-state index contributed by atoms with van der Waals surface area (Å²) < 4.78 is 4.98. The fourth-order valence-electron chi connectivity index (χ4n) is 2.93. The minimum atomic E-state index is -0.461. The molecule has 1 unspecified atom stereocenters. The molecule has 2 aliphatic heterocycles. The predicted molar refractivity (Wildman–Crippen MR) is 86.6 cm³/mol. The van der Waals surface area contributed by atoms with E-state index in [0.717, 1.165) is 24.1 Å². The maximum absolute atomic E-state index is 12.3. The van der Waals surface area contributed by atoms with Gasteiger partial charge < -0.3 is 4.74 Å². The van der Waals surface area contributed by atoms with Crippen molar-refractivity contribution >= 4 is 34.4 Å². The molecular weight excluding hydrogens is 322 g/mol. The van der Waals surface area contributed by atoms with Crippen LogP contribution in [0.3, 0.4) is 0 Å². The van der Waals surface area contributed by atoms with Crippen LogP contribution in [0.25, 0.3) is 0 Å². The second-order valence-electron chi connectivity index (χ2n) is 5.38. The van der Waals surface area contributed by atoms with Crippen LogP contribution in [0.15, 0.2) is 34.7 Å². The Hall–Kier alpha value is -1.30. The van der Waals surface area contributed by atoms with Crippen molar-refractivity contribution in [1.29, 1.82) is 0 Å². The van der Waals surface area contributed by atoms with Crippen molar-refractivity contribution in [2.45, 2.75) is 18.9 Å². The van der Waals surface area contributed by atoms with Crippen molar-refractivity contribution in [1.82, 2.24) is 4.90 Å². The molecule has 0 N–H and O–H groups in total. The third-order valence-electron chi connectivity index (χ3n) is 3.98. The zero-order valence-electron chi connectivity index (χ0n) is 12.2. The van der Waals surface area contributed by atoms with Gasteiger partial charge in [0.25, 0.3) is 0 Å². The number of nitrogens with zero attached hydrogens (tertiary/aromatic N) is 1. The number of thioether (sulfide) groups is 1. The Morgan fingerprint density at radius 1 is 1.36 bits per heavy atom. The normalized spacial score (nSPS) is 20.0. The van der Waals surface area contributed by atoms with E-state index in [-0.39, 0.29) is 11.1 Å². The highest BCUT2D eigenvalue weighted by Crippen LogP contribution is 2.40. The van der Waals surface area contributed by atoms with Crippen molar-refractivity contribution in [2.24, 2.45) is 0 Å². The fourth-order valence-corrected chi connectivity index (χ4v) is 4.05. The molecule has 0 aliphatic carbocycles. The fraction of sp³-hybridized carbons (Fsp3) is 0.375. The van der Waals surface area contributed by atoms with Crippen LogP contribution in [0.5, 0.6) is 0 Å². The Bertz CT molecular complexity index is 641. The molecule has 0 spiro atoms. The van der Waals surface area contributed by atoms with Gasteiger partial charge in [-0.25, -0.2) is 4.79 Å². The summed E-state index contributed by atoms with van der Waals surface area (Å²) >= 11 is 7.28. The third kappa shape index (κ3) is 3.07. The summed E-state index contributed by atoms with van der Waals surface area (Å²) in [4.78, 5) is 27.1. The molecule has 3 rings (SSSR count). The molecule has 0 radical (unpaired) electrons. The molecule has 0 fully saturated rings. The molecule has 1 aromatic rings. The molecule has 6 heteroatoms. The second kappa shape index (κ2) is 6.44. The number of methoxy groups -OCH3 is 1. The molecule has 22 heavy (non-hydrogen) atoms. The molecule has 4 nitrogen and oxygen atoms in total.